The van der Waals surface area contributed by atoms with Crippen LogP contribution in [0.1, 0.15) is 20.7 Å². The Morgan fingerprint density at radius 2 is 1.25 bits per heavy atom. The fourth-order valence-corrected chi connectivity index (χ4v) is 2.69. The molecule has 0 spiro atoms. The largest absolute Gasteiger partial charge is 0.289 e. The summed E-state index contributed by atoms with van der Waals surface area (Å²) < 4.78 is -4.35. The van der Waals surface area contributed by atoms with Gasteiger partial charge in [-0.2, -0.15) is 0 Å². The van der Waals surface area contributed by atoms with E-state index in [-0.39, 0.29) is 11.1 Å². The predicted octanol–water partition coefficient (Wildman–Crippen LogP) is 6.46. The van der Waals surface area contributed by atoms with Crippen molar-refractivity contribution in [2.75, 3.05) is 0 Å². The van der Waals surface area contributed by atoms with E-state index >= 15 is 0 Å². The van der Waals surface area contributed by atoms with Gasteiger partial charge in [-0.3, -0.25) is 9.59 Å². The molecule has 0 atom stereocenters. The third kappa shape index (κ3) is 4.57. The van der Waals surface area contributed by atoms with Crippen LogP contribution in [-0.2, 0) is 0 Å². The highest BCUT2D eigenvalue weighted by Gasteiger charge is 2.36. The lowest BCUT2D eigenvalue weighted by atomic mass is 9.94. The number of carbonyl (C=O) groups is 2. The molecule has 0 amide bonds. The van der Waals surface area contributed by atoms with E-state index in [0.717, 1.165) is 0 Å². The van der Waals surface area contributed by atoms with Crippen LogP contribution in [0.15, 0.2) is 48.5 Å². The second kappa shape index (κ2) is 7.41. The number of Topliss-reactive ketones (excluding diaryl/α,β-unsaturated/α-hetero) is 2. The Morgan fingerprint density at radius 1 is 0.708 bits per heavy atom. The maximum absolute atomic E-state index is 12.5. The smallest absolute Gasteiger partial charge is 0.253 e. The quantitative estimate of drug-likeness (QED) is 0.402. The Labute approximate surface area is 168 Å². The van der Waals surface area contributed by atoms with Gasteiger partial charge in [0.15, 0.2) is 0 Å². The monoisotopic (exact) mass is 442 g/mol. The van der Waals surface area contributed by atoms with Crippen molar-refractivity contribution < 1.29 is 9.59 Å². The van der Waals surface area contributed by atoms with Crippen LogP contribution in [0.5, 0.6) is 0 Å². The molecule has 126 valence electrons. The number of benzene rings is 2. The first-order chi connectivity index (χ1) is 11.0. The molecule has 0 N–H and O–H groups in total. The number of carbonyl (C=O) groups excluding carboxylic acids is 2. The number of ketones is 2. The number of alkyl halides is 6. The lowest BCUT2D eigenvalue weighted by Crippen LogP contribution is -2.22. The average Bonchev–Trinajstić information content (AvgIpc) is 2.52. The molecular weight excluding hydrogens is 437 g/mol. The van der Waals surface area contributed by atoms with Gasteiger partial charge in [-0.25, -0.2) is 0 Å². The zero-order valence-corrected chi connectivity index (χ0v) is 16.2. The van der Waals surface area contributed by atoms with E-state index in [9.17, 15) is 9.59 Å². The summed E-state index contributed by atoms with van der Waals surface area (Å²) in [5.74, 6) is -1.57. The van der Waals surface area contributed by atoms with E-state index in [4.69, 9.17) is 69.6 Å². The second-order valence-corrected chi connectivity index (χ2v) is 9.34. The highest BCUT2D eigenvalue weighted by molar-refractivity contribution is 6.78. The van der Waals surface area contributed by atoms with Crippen molar-refractivity contribution in [1.82, 2.24) is 0 Å². The summed E-state index contributed by atoms with van der Waals surface area (Å²) >= 11 is 34.0. The van der Waals surface area contributed by atoms with E-state index in [1.165, 1.54) is 12.1 Å². The minimum atomic E-state index is -2.19. The highest BCUT2D eigenvalue weighted by atomic mass is 35.6. The first-order valence-electron chi connectivity index (χ1n) is 6.44. The molecule has 0 saturated heterocycles. The molecule has 0 aliphatic rings. The van der Waals surface area contributed by atoms with Crippen LogP contribution in [0, 0.1) is 0 Å². The number of hydrogen-bond acceptors (Lipinski definition) is 2. The fraction of sp³-hybridized carbons (Fsp3) is 0.125. The van der Waals surface area contributed by atoms with Crippen molar-refractivity contribution in [2.45, 2.75) is 7.59 Å². The molecular formula is C16H8Cl6O2. The van der Waals surface area contributed by atoms with Gasteiger partial charge in [0.25, 0.3) is 7.59 Å². The van der Waals surface area contributed by atoms with Gasteiger partial charge < -0.3 is 0 Å². The van der Waals surface area contributed by atoms with Crippen LogP contribution >= 0.6 is 69.6 Å². The lowest BCUT2D eigenvalue weighted by Gasteiger charge is -2.16. The van der Waals surface area contributed by atoms with E-state index in [0.29, 0.717) is 11.1 Å². The number of rotatable bonds is 3. The highest BCUT2D eigenvalue weighted by Crippen LogP contribution is 2.37. The number of hydrogen-bond donors (Lipinski definition) is 0. The molecule has 0 aliphatic heterocycles. The molecule has 2 nitrogen and oxygen atoms in total. The van der Waals surface area contributed by atoms with E-state index in [1.54, 1.807) is 30.3 Å². The maximum Gasteiger partial charge on any atom is 0.253 e. The van der Waals surface area contributed by atoms with Crippen LogP contribution in [-0.4, -0.2) is 19.2 Å². The molecule has 0 aromatic heterocycles. The Hall–Kier alpha value is -0.480. The van der Waals surface area contributed by atoms with Crippen LogP contribution in [0.2, 0.25) is 0 Å². The summed E-state index contributed by atoms with van der Waals surface area (Å²) in [6, 6.07) is 13.2. The van der Waals surface area contributed by atoms with Crippen molar-refractivity contribution in [3.05, 3.63) is 59.7 Å². The molecule has 2 aromatic carbocycles. The standard InChI is InChI=1S/C16H8Cl6O2/c17-15(18,19)13(23)10-6-7-11(9-4-2-1-3-5-9)12(8-10)14(24)16(20,21)22/h1-8H. The molecule has 8 heteroatoms. The van der Waals surface area contributed by atoms with Crippen molar-refractivity contribution in [3.8, 4) is 11.1 Å². The fourth-order valence-electron chi connectivity index (χ4n) is 2.06. The van der Waals surface area contributed by atoms with Crippen molar-refractivity contribution >= 4 is 81.2 Å². The van der Waals surface area contributed by atoms with E-state index in [2.05, 4.69) is 0 Å². The van der Waals surface area contributed by atoms with Gasteiger partial charge in [-0.1, -0.05) is 112 Å². The number of halogens is 6. The van der Waals surface area contributed by atoms with Crippen LogP contribution in [0.3, 0.4) is 0 Å². The zero-order valence-electron chi connectivity index (χ0n) is 11.7. The molecule has 2 rings (SSSR count). The Morgan fingerprint density at radius 3 is 1.75 bits per heavy atom. The minimum absolute atomic E-state index is 0.0206. The zero-order chi connectivity index (χ0) is 18.1. The van der Waals surface area contributed by atoms with Crippen LogP contribution in [0.25, 0.3) is 11.1 Å². The van der Waals surface area contributed by atoms with Gasteiger partial charge in [0.1, 0.15) is 0 Å². The molecule has 24 heavy (non-hydrogen) atoms. The summed E-state index contributed by atoms with van der Waals surface area (Å²) in [5, 5.41) is 0. The molecule has 0 saturated carbocycles. The van der Waals surface area contributed by atoms with Gasteiger partial charge >= 0.3 is 0 Å². The van der Waals surface area contributed by atoms with Gasteiger partial charge in [0.2, 0.25) is 11.6 Å². The molecule has 0 unspecified atom stereocenters. The van der Waals surface area contributed by atoms with Crippen molar-refractivity contribution in [3.63, 3.8) is 0 Å². The molecule has 0 fully saturated rings. The van der Waals surface area contributed by atoms with Gasteiger partial charge in [-0.15, -0.1) is 0 Å². The average molecular weight is 445 g/mol. The summed E-state index contributed by atoms with van der Waals surface area (Å²) in [7, 11) is 0. The molecule has 0 radical (unpaired) electrons. The Balaban J connectivity index is 2.65. The van der Waals surface area contributed by atoms with Gasteiger partial charge in [0.05, 0.1) is 0 Å². The second-order valence-electron chi connectivity index (χ2n) is 4.78. The molecule has 0 aliphatic carbocycles. The minimum Gasteiger partial charge on any atom is -0.289 e. The molecule has 2 aromatic rings. The molecule has 0 bridgehead atoms. The lowest BCUT2D eigenvalue weighted by molar-refractivity contribution is 0.0996. The SMILES string of the molecule is O=C(c1ccc(-c2ccccc2)c(C(=O)C(Cl)(Cl)Cl)c1)C(Cl)(Cl)Cl. The summed E-state index contributed by atoms with van der Waals surface area (Å²) in [5.41, 5.74) is 1.27. The van der Waals surface area contributed by atoms with Crippen LogP contribution < -0.4 is 0 Å². The first-order valence-corrected chi connectivity index (χ1v) is 8.71. The third-order valence-corrected chi connectivity index (χ3v) is 4.16. The summed E-state index contributed by atoms with van der Waals surface area (Å²) in [6.07, 6.45) is 0. The summed E-state index contributed by atoms with van der Waals surface area (Å²) in [6.45, 7) is 0. The predicted molar refractivity (Wildman–Crippen MR) is 101 cm³/mol. The van der Waals surface area contributed by atoms with Crippen molar-refractivity contribution in [1.29, 1.82) is 0 Å². The maximum atomic E-state index is 12.5. The van der Waals surface area contributed by atoms with E-state index < -0.39 is 19.2 Å². The molecule has 0 heterocycles. The Kier molecular flexibility index (Phi) is 6.12. The van der Waals surface area contributed by atoms with E-state index in [1.807, 2.05) is 6.07 Å². The third-order valence-electron chi connectivity index (χ3n) is 3.13. The van der Waals surface area contributed by atoms with Gasteiger partial charge in [-0.05, 0) is 17.2 Å². The van der Waals surface area contributed by atoms with Crippen LogP contribution in [0.4, 0.5) is 0 Å². The summed E-state index contributed by atoms with van der Waals surface area (Å²) in [4.78, 5) is 24.6. The first kappa shape index (κ1) is 19.8. The Bertz CT molecular complexity index is 775. The van der Waals surface area contributed by atoms with Gasteiger partial charge in [0, 0.05) is 11.1 Å². The van der Waals surface area contributed by atoms with Crippen molar-refractivity contribution in [2.24, 2.45) is 0 Å². The normalized spacial score (nSPS) is 12.1. The topological polar surface area (TPSA) is 34.1 Å².